The van der Waals surface area contributed by atoms with Crippen molar-refractivity contribution in [3.05, 3.63) is 90.2 Å². The standard InChI is InChI=1S/C31H31N7O2/c1-21-18-36(15-5-9-29(21)39)14-4-6-22-16-23(12-13-33-22)38-24-10-11-25(38)20-37(19-24)28-17-27(34-35-31(28)32)26-7-2-3-8-30(26)40/h2-3,5,7-9,12-13,15-18,24-25,39-40H,10-11,14,19-20H2,1H3,(H2,32,35). The summed E-state index contributed by atoms with van der Waals surface area (Å²) in [5.74, 6) is 7.22. The summed E-state index contributed by atoms with van der Waals surface area (Å²) in [4.78, 5) is 11.2. The van der Waals surface area contributed by atoms with Crippen LogP contribution in [0.3, 0.4) is 0 Å². The summed E-state index contributed by atoms with van der Waals surface area (Å²) in [6, 6.07) is 13.8. The van der Waals surface area contributed by atoms with Gasteiger partial charge in [0.15, 0.2) is 5.82 Å². The summed E-state index contributed by atoms with van der Waals surface area (Å²) in [6.07, 6.45) is 11.2. The van der Waals surface area contributed by atoms with E-state index in [9.17, 15) is 10.2 Å². The van der Waals surface area contributed by atoms with Crippen LogP contribution in [0.2, 0.25) is 0 Å². The van der Waals surface area contributed by atoms with Crippen molar-refractivity contribution in [1.29, 1.82) is 0 Å². The van der Waals surface area contributed by atoms with Gasteiger partial charge in [-0.2, -0.15) is 0 Å². The number of phenolic OH excluding ortho intramolecular Hbond substituents is 1. The van der Waals surface area contributed by atoms with Gasteiger partial charge < -0.3 is 30.6 Å². The lowest BCUT2D eigenvalue weighted by molar-refractivity contribution is 0.421. The first-order chi connectivity index (χ1) is 19.5. The molecule has 0 saturated carbocycles. The van der Waals surface area contributed by atoms with Crippen LogP contribution in [-0.4, -0.2) is 62.0 Å². The monoisotopic (exact) mass is 533 g/mol. The second-order valence-corrected chi connectivity index (χ2v) is 10.3. The number of nitrogens with two attached hydrogens (primary N) is 1. The summed E-state index contributed by atoms with van der Waals surface area (Å²) in [6.45, 7) is 3.98. The molecule has 202 valence electrons. The number of phenols is 1. The minimum Gasteiger partial charge on any atom is -0.508 e. The topological polar surface area (TPSA) is 115 Å². The molecule has 5 heterocycles. The van der Waals surface area contributed by atoms with Gasteiger partial charge in [0.25, 0.3) is 0 Å². The first-order valence-electron chi connectivity index (χ1n) is 13.4. The normalized spacial score (nSPS) is 20.0. The van der Waals surface area contributed by atoms with E-state index in [1.54, 1.807) is 24.3 Å². The van der Waals surface area contributed by atoms with Crippen molar-refractivity contribution in [1.82, 2.24) is 20.1 Å². The van der Waals surface area contributed by atoms with Crippen LogP contribution in [-0.2, 0) is 0 Å². The molecule has 3 aromatic rings. The largest absolute Gasteiger partial charge is 0.508 e. The molecule has 1 aromatic carbocycles. The molecule has 6 rings (SSSR count). The average molecular weight is 534 g/mol. The van der Waals surface area contributed by atoms with Gasteiger partial charge >= 0.3 is 0 Å². The number of allylic oxidation sites excluding steroid dienone is 3. The smallest absolute Gasteiger partial charge is 0.169 e. The SMILES string of the molecule is CC1=CN(CC#Cc2cc(N3C4CCC3CN(c3cc(-c5ccccc5O)nnc3N)C4)ccn2)C=CC=C1O. The summed E-state index contributed by atoms with van der Waals surface area (Å²) in [7, 11) is 0. The Morgan fingerprint density at radius 3 is 2.65 bits per heavy atom. The van der Waals surface area contributed by atoms with Crippen LogP contribution in [0.25, 0.3) is 11.3 Å². The zero-order valence-electron chi connectivity index (χ0n) is 22.3. The van der Waals surface area contributed by atoms with Gasteiger partial charge in [-0.15, -0.1) is 10.2 Å². The number of aromatic nitrogens is 3. The molecule has 2 bridgehead atoms. The van der Waals surface area contributed by atoms with E-state index in [0.717, 1.165) is 48.6 Å². The molecular formula is C31H31N7O2. The molecule has 2 fully saturated rings. The number of aliphatic hydroxyl groups excluding tert-OH is 1. The quantitative estimate of drug-likeness (QED) is 0.424. The number of aromatic hydroxyl groups is 1. The number of rotatable bonds is 4. The second kappa shape index (κ2) is 10.7. The Hall–Kier alpha value is -4.97. The van der Waals surface area contributed by atoms with Crippen molar-refractivity contribution in [2.45, 2.75) is 31.8 Å². The Labute approximate surface area is 233 Å². The van der Waals surface area contributed by atoms with Crippen LogP contribution in [0, 0.1) is 11.8 Å². The van der Waals surface area contributed by atoms with Gasteiger partial charge in [-0.1, -0.05) is 18.1 Å². The molecule has 0 amide bonds. The van der Waals surface area contributed by atoms with Crippen LogP contribution in [0.4, 0.5) is 17.2 Å². The molecule has 2 unspecified atom stereocenters. The number of nitrogen functional groups attached to an aromatic ring is 1. The molecule has 9 heteroatoms. The van der Waals surface area contributed by atoms with Gasteiger partial charge in [0, 0.05) is 60.6 Å². The first-order valence-corrected chi connectivity index (χ1v) is 13.4. The maximum absolute atomic E-state index is 10.3. The van der Waals surface area contributed by atoms with Gasteiger partial charge in [0.05, 0.1) is 17.9 Å². The van der Waals surface area contributed by atoms with Gasteiger partial charge in [-0.05, 0) is 68.2 Å². The number of hydrogen-bond donors (Lipinski definition) is 3. The Morgan fingerprint density at radius 2 is 1.85 bits per heavy atom. The van der Waals surface area contributed by atoms with Crippen LogP contribution in [0.5, 0.6) is 5.75 Å². The number of para-hydroxylation sites is 1. The fourth-order valence-corrected chi connectivity index (χ4v) is 5.69. The molecule has 2 atom stereocenters. The lowest BCUT2D eigenvalue weighted by Crippen LogP contribution is -2.54. The highest BCUT2D eigenvalue weighted by Gasteiger charge is 2.40. The molecule has 0 radical (unpaired) electrons. The number of hydrogen-bond acceptors (Lipinski definition) is 9. The third-order valence-electron chi connectivity index (χ3n) is 7.62. The van der Waals surface area contributed by atoms with Crippen LogP contribution >= 0.6 is 0 Å². The Morgan fingerprint density at radius 1 is 1.05 bits per heavy atom. The van der Waals surface area contributed by atoms with Gasteiger partial charge in [-0.3, -0.25) is 0 Å². The molecule has 2 aromatic heterocycles. The van der Waals surface area contributed by atoms with Gasteiger partial charge in [0.2, 0.25) is 0 Å². The Bertz CT molecular complexity index is 1570. The minimum absolute atomic E-state index is 0.166. The lowest BCUT2D eigenvalue weighted by atomic mass is 10.1. The molecule has 2 saturated heterocycles. The third kappa shape index (κ3) is 5.04. The summed E-state index contributed by atoms with van der Waals surface area (Å²) < 4.78 is 0. The molecule has 0 aliphatic carbocycles. The molecule has 3 aliphatic rings. The molecule has 9 nitrogen and oxygen atoms in total. The second-order valence-electron chi connectivity index (χ2n) is 10.3. The maximum Gasteiger partial charge on any atom is 0.169 e. The fourth-order valence-electron chi connectivity index (χ4n) is 5.69. The molecular weight excluding hydrogens is 502 g/mol. The Balaban J connectivity index is 1.18. The minimum atomic E-state index is 0.166. The van der Waals surface area contributed by atoms with Gasteiger partial charge in [-0.25, -0.2) is 4.98 Å². The first kappa shape index (κ1) is 25.3. The Kier molecular flexibility index (Phi) is 6.74. The average Bonchev–Trinajstić information content (AvgIpc) is 3.11. The number of nitrogens with zero attached hydrogens (tertiary/aromatic N) is 6. The number of piperazine rings is 1. The maximum atomic E-state index is 10.3. The van der Waals surface area contributed by atoms with E-state index in [1.807, 2.05) is 48.6 Å². The summed E-state index contributed by atoms with van der Waals surface area (Å²) in [5.41, 5.74) is 11.0. The van der Waals surface area contributed by atoms with E-state index in [1.165, 1.54) is 0 Å². The van der Waals surface area contributed by atoms with Crippen LogP contribution in [0.1, 0.15) is 25.5 Å². The van der Waals surface area contributed by atoms with E-state index < -0.39 is 0 Å². The van der Waals surface area contributed by atoms with Crippen LogP contribution < -0.4 is 15.5 Å². The van der Waals surface area contributed by atoms with Crippen molar-refractivity contribution in [3.8, 4) is 28.8 Å². The van der Waals surface area contributed by atoms with E-state index in [2.05, 4.69) is 49.0 Å². The number of anilines is 3. The zero-order valence-corrected chi connectivity index (χ0v) is 22.3. The van der Waals surface area contributed by atoms with E-state index in [4.69, 9.17) is 5.73 Å². The van der Waals surface area contributed by atoms with Crippen molar-refractivity contribution in [3.63, 3.8) is 0 Å². The fraction of sp³-hybridized carbons (Fsp3) is 0.258. The number of fused-ring (bicyclic) bond motifs is 2. The summed E-state index contributed by atoms with van der Waals surface area (Å²) >= 11 is 0. The molecule has 3 aliphatic heterocycles. The number of aliphatic hydroxyl groups is 1. The highest BCUT2D eigenvalue weighted by Crippen LogP contribution is 2.39. The highest BCUT2D eigenvalue weighted by atomic mass is 16.3. The van der Waals surface area contributed by atoms with Crippen molar-refractivity contribution in [2.24, 2.45) is 0 Å². The van der Waals surface area contributed by atoms with E-state index in [-0.39, 0.29) is 11.5 Å². The molecule has 4 N–H and O–H groups in total. The van der Waals surface area contributed by atoms with E-state index in [0.29, 0.717) is 35.7 Å². The number of pyridine rings is 1. The van der Waals surface area contributed by atoms with Crippen molar-refractivity contribution >= 4 is 17.2 Å². The van der Waals surface area contributed by atoms with E-state index >= 15 is 0 Å². The lowest BCUT2D eigenvalue weighted by Gasteiger charge is -2.43. The number of benzene rings is 1. The summed E-state index contributed by atoms with van der Waals surface area (Å²) in [5, 5.41) is 28.7. The van der Waals surface area contributed by atoms with Crippen molar-refractivity contribution in [2.75, 3.05) is 35.2 Å². The third-order valence-corrected chi connectivity index (χ3v) is 7.62. The predicted molar refractivity (Wildman–Crippen MR) is 156 cm³/mol. The van der Waals surface area contributed by atoms with Gasteiger partial charge in [0.1, 0.15) is 17.2 Å². The zero-order chi connectivity index (χ0) is 27.6. The molecule has 0 spiro atoms. The highest BCUT2D eigenvalue weighted by molar-refractivity contribution is 5.74. The van der Waals surface area contributed by atoms with Crippen molar-refractivity contribution < 1.29 is 10.2 Å². The predicted octanol–water partition coefficient (Wildman–Crippen LogP) is 4.21. The molecule has 40 heavy (non-hydrogen) atoms. The van der Waals surface area contributed by atoms with Crippen LogP contribution in [0.15, 0.2) is 84.5 Å².